The number of carbonyl (C=O) groups is 1. The molecule has 1 aromatic heterocycles. The lowest BCUT2D eigenvalue weighted by Crippen LogP contribution is -2.34. The number of allylic oxidation sites excluding steroid dienone is 1. The number of likely N-dealkylation sites (N-methyl/N-ethyl adjacent to an activating group) is 1. The minimum atomic E-state index is 0.0268. The Balaban J connectivity index is 2.59. The molecule has 0 saturated heterocycles. The number of thiophene rings is 1. The van der Waals surface area contributed by atoms with E-state index >= 15 is 0 Å². The summed E-state index contributed by atoms with van der Waals surface area (Å²) in [6, 6.07) is 2.34. The first-order valence-electron chi connectivity index (χ1n) is 6.19. The van der Waals surface area contributed by atoms with Crippen LogP contribution in [-0.4, -0.2) is 31.4 Å². The van der Waals surface area contributed by atoms with Gasteiger partial charge >= 0.3 is 0 Å². The molecule has 0 spiro atoms. The van der Waals surface area contributed by atoms with E-state index in [1.54, 1.807) is 11.3 Å². The van der Waals surface area contributed by atoms with Crippen molar-refractivity contribution in [3.05, 3.63) is 34.0 Å². The lowest BCUT2D eigenvalue weighted by atomic mass is 10.1. The van der Waals surface area contributed by atoms with Crippen LogP contribution in [-0.2, 0) is 4.79 Å². The van der Waals surface area contributed by atoms with Gasteiger partial charge in [-0.3, -0.25) is 4.79 Å². The summed E-state index contributed by atoms with van der Waals surface area (Å²) in [5.74, 6) is 0.0268. The Kier molecular flexibility index (Phi) is 6.09. The molecule has 4 heteroatoms. The zero-order valence-corrected chi connectivity index (χ0v) is 12.4. The monoisotopic (exact) mass is 266 g/mol. The fourth-order valence-corrected chi connectivity index (χ4v) is 2.50. The summed E-state index contributed by atoms with van der Waals surface area (Å²) in [5.41, 5.74) is 2.04. The van der Waals surface area contributed by atoms with Crippen molar-refractivity contribution < 1.29 is 4.79 Å². The van der Waals surface area contributed by atoms with Crippen LogP contribution in [0.3, 0.4) is 0 Å². The summed E-state index contributed by atoms with van der Waals surface area (Å²) >= 11 is 1.68. The Bertz CT molecular complexity index is 396. The molecule has 18 heavy (non-hydrogen) atoms. The number of rotatable bonds is 6. The molecule has 0 aliphatic rings. The molecule has 1 heterocycles. The topological polar surface area (TPSA) is 32.3 Å². The summed E-state index contributed by atoms with van der Waals surface area (Å²) in [7, 11) is 4.06. The van der Waals surface area contributed by atoms with Crippen LogP contribution < -0.4 is 5.32 Å². The smallest absolute Gasteiger partial charge is 0.246 e. The van der Waals surface area contributed by atoms with Gasteiger partial charge in [-0.25, -0.2) is 0 Å². The molecule has 1 atom stereocenters. The third-order valence-electron chi connectivity index (χ3n) is 2.88. The maximum absolute atomic E-state index is 11.8. The first-order chi connectivity index (χ1) is 8.56. The minimum absolute atomic E-state index is 0.0268. The molecule has 100 valence electrons. The molecule has 1 N–H and O–H groups in total. The predicted molar refractivity (Wildman–Crippen MR) is 77.8 cm³/mol. The van der Waals surface area contributed by atoms with Gasteiger partial charge in [0.1, 0.15) is 0 Å². The zero-order chi connectivity index (χ0) is 13.5. The van der Waals surface area contributed by atoms with E-state index in [2.05, 4.69) is 27.0 Å². The summed E-state index contributed by atoms with van der Waals surface area (Å²) < 4.78 is 0. The second-order valence-electron chi connectivity index (χ2n) is 4.54. The van der Waals surface area contributed by atoms with Crippen LogP contribution in [0.2, 0.25) is 0 Å². The average Bonchev–Trinajstić information content (AvgIpc) is 2.82. The number of carbonyl (C=O) groups excluding carboxylic acids is 1. The molecule has 0 aliphatic heterocycles. The van der Waals surface area contributed by atoms with Crippen LogP contribution in [0.25, 0.3) is 0 Å². The molecular formula is C14H22N2OS. The van der Waals surface area contributed by atoms with E-state index in [4.69, 9.17) is 0 Å². The number of hydrogen-bond acceptors (Lipinski definition) is 3. The molecule has 1 rings (SSSR count). The van der Waals surface area contributed by atoms with Crippen LogP contribution in [0.5, 0.6) is 0 Å². The van der Waals surface area contributed by atoms with Crippen molar-refractivity contribution in [1.29, 1.82) is 0 Å². The van der Waals surface area contributed by atoms with Crippen molar-refractivity contribution >= 4 is 17.2 Å². The van der Waals surface area contributed by atoms with Crippen molar-refractivity contribution in [2.45, 2.75) is 26.3 Å². The SMILES string of the molecule is CC/C=C(/C)C(=O)NCC(c1ccsc1)N(C)C. The number of nitrogens with one attached hydrogen (secondary N) is 1. The van der Waals surface area contributed by atoms with Crippen LogP contribution >= 0.6 is 11.3 Å². The maximum atomic E-state index is 11.8. The molecule has 0 bridgehead atoms. The van der Waals surface area contributed by atoms with E-state index in [1.165, 1.54) is 5.56 Å². The van der Waals surface area contributed by atoms with E-state index in [0.717, 1.165) is 12.0 Å². The lowest BCUT2D eigenvalue weighted by Gasteiger charge is -2.24. The van der Waals surface area contributed by atoms with Gasteiger partial charge in [0.05, 0.1) is 6.04 Å². The highest BCUT2D eigenvalue weighted by molar-refractivity contribution is 7.07. The number of amides is 1. The predicted octanol–water partition coefficient (Wildman–Crippen LogP) is 2.82. The van der Waals surface area contributed by atoms with Crippen molar-refractivity contribution in [3.8, 4) is 0 Å². The number of nitrogens with zero attached hydrogens (tertiary/aromatic N) is 1. The molecule has 0 saturated carbocycles. The lowest BCUT2D eigenvalue weighted by molar-refractivity contribution is -0.117. The molecule has 0 aliphatic carbocycles. The van der Waals surface area contributed by atoms with Crippen molar-refractivity contribution in [2.24, 2.45) is 0 Å². The third kappa shape index (κ3) is 4.27. The second kappa shape index (κ2) is 7.34. The molecular weight excluding hydrogens is 244 g/mol. The van der Waals surface area contributed by atoms with Gasteiger partial charge in [0.15, 0.2) is 0 Å². The molecule has 1 aromatic rings. The maximum Gasteiger partial charge on any atom is 0.246 e. The van der Waals surface area contributed by atoms with Crippen LogP contribution in [0.1, 0.15) is 31.9 Å². The summed E-state index contributed by atoms with van der Waals surface area (Å²) in [4.78, 5) is 14.0. The van der Waals surface area contributed by atoms with Crippen molar-refractivity contribution in [3.63, 3.8) is 0 Å². The zero-order valence-electron chi connectivity index (χ0n) is 11.6. The second-order valence-corrected chi connectivity index (χ2v) is 5.32. The van der Waals surface area contributed by atoms with Gasteiger partial charge in [0, 0.05) is 12.1 Å². The summed E-state index contributed by atoms with van der Waals surface area (Å²) in [6.45, 7) is 4.52. The normalized spacial score (nSPS) is 13.7. The van der Waals surface area contributed by atoms with E-state index in [-0.39, 0.29) is 11.9 Å². The highest BCUT2D eigenvalue weighted by Crippen LogP contribution is 2.20. The van der Waals surface area contributed by atoms with E-state index in [9.17, 15) is 4.79 Å². The molecule has 0 aromatic carbocycles. The van der Waals surface area contributed by atoms with Gasteiger partial charge in [-0.05, 0) is 49.8 Å². The Hall–Kier alpha value is -1.13. The average molecular weight is 266 g/mol. The largest absolute Gasteiger partial charge is 0.350 e. The van der Waals surface area contributed by atoms with Gasteiger partial charge in [0.2, 0.25) is 5.91 Å². The summed E-state index contributed by atoms with van der Waals surface area (Å²) in [5, 5.41) is 7.19. The number of hydrogen-bond donors (Lipinski definition) is 1. The standard InChI is InChI=1S/C14H22N2OS/c1-5-6-11(2)14(17)15-9-13(16(3)4)12-7-8-18-10-12/h6-8,10,13H,5,9H2,1-4H3,(H,15,17)/b11-6-. The quantitative estimate of drug-likeness (QED) is 0.803. The fourth-order valence-electron chi connectivity index (χ4n) is 1.79. The van der Waals surface area contributed by atoms with Crippen LogP contribution in [0.15, 0.2) is 28.5 Å². The molecule has 1 unspecified atom stereocenters. The van der Waals surface area contributed by atoms with Crippen molar-refractivity contribution in [1.82, 2.24) is 10.2 Å². The first-order valence-corrected chi connectivity index (χ1v) is 7.14. The highest BCUT2D eigenvalue weighted by Gasteiger charge is 2.15. The third-order valence-corrected chi connectivity index (χ3v) is 3.58. The van der Waals surface area contributed by atoms with Gasteiger partial charge in [0.25, 0.3) is 0 Å². The Morgan fingerprint density at radius 3 is 2.78 bits per heavy atom. The van der Waals surface area contributed by atoms with Crippen LogP contribution in [0, 0.1) is 0 Å². The van der Waals surface area contributed by atoms with Crippen molar-refractivity contribution in [2.75, 3.05) is 20.6 Å². The van der Waals surface area contributed by atoms with Crippen LogP contribution in [0.4, 0.5) is 0 Å². The first kappa shape index (κ1) is 14.9. The highest BCUT2D eigenvalue weighted by atomic mass is 32.1. The van der Waals surface area contributed by atoms with Gasteiger partial charge in [-0.15, -0.1) is 0 Å². The van der Waals surface area contributed by atoms with Gasteiger partial charge in [-0.1, -0.05) is 13.0 Å². The Labute approximate surface area is 114 Å². The molecule has 1 amide bonds. The fraction of sp³-hybridized carbons (Fsp3) is 0.500. The van der Waals surface area contributed by atoms with E-state index in [1.807, 2.05) is 34.0 Å². The van der Waals surface area contributed by atoms with Gasteiger partial charge in [-0.2, -0.15) is 11.3 Å². The molecule has 3 nitrogen and oxygen atoms in total. The Morgan fingerprint density at radius 1 is 1.56 bits per heavy atom. The Morgan fingerprint density at radius 2 is 2.28 bits per heavy atom. The van der Waals surface area contributed by atoms with E-state index < -0.39 is 0 Å². The van der Waals surface area contributed by atoms with E-state index in [0.29, 0.717) is 6.54 Å². The molecule has 0 fully saturated rings. The minimum Gasteiger partial charge on any atom is -0.350 e. The van der Waals surface area contributed by atoms with Gasteiger partial charge < -0.3 is 10.2 Å². The molecule has 0 radical (unpaired) electrons. The summed E-state index contributed by atoms with van der Waals surface area (Å²) in [6.07, 6.45) is 2.84.